The number of rotatable bonds is 3. The highest BCUT2D eigenvalue weighted by Gasteiger charge is 2.12. The molecule has 0 saturated carbocycles. The van der Waals surface area contributed by atoms with Gasteiger partial charge in [0.1, 0.15) is 0 Å². The minimum Gasteiger partial charge on any atom is -0.478 e. The molecule has 20 heavy (non-hydrogen) atoms. The van der Waals surface area contributed by atoms with Crippen LogP contribution in [0.15, 0.2) is 30.5 Å². The summed E-state index contributed by atoms with van der Waals surface area (Å²) >= 11 is 0. The molecule has 7 heteroatoms. The molecule has 0 amide bonds. The fourth-order valence-electron chi connectivity index (χ4n) is 1.45. The topological polar surface area (TPSA) is 109 Å². The van der Waals surface area contributed by atoms with Crippen molar-refractivity contribution in [3.05, 3.63) is 47.4 Å². The van der Waals surface area contributed by atoms with Gasteiger partial charge in [-0.2, -0.15) is 5.26 Å². The predicted octanol–water partition coefficient (Wildman–Crippen LogP) is 2.17. The maximum atomic E-state index is 13.6. The second-order valence-electron chi connectivity index (χ2n) is 3.77. The van der Waals surface area contributed by atoms with E-state index in [1.54, 1.807) is 6.07 Å². The average molecular weight is 273 g/mol. The summed E-state index contributed by atoms with van der Waals surface area (Å²) in [5.74, 6) is -2.27. The highest BCUT2D eigenvalue weighted by Crippen LogP contribution is 2.25. The summed E-state index contributed by atoms with van der Waals surface area (Å²) in [6, 6.07) is 6.51. The Balaban J connectivity index is 2.33. The van der Waals surface area contributed by atoms with E-state index in [0.717, 1.165) is 18.3 Å². The smallest absolute Gasteiger partial charge is 0.338 e. The summed E-state index contributed by atoms with van der Waals surface area (Å²) in [7, 11) is 0. The maximum Gasteiger partial charge on any atom is 0.338 e. The molecule has 0 unspecified atom stereocenters. The zero-order valence-electron chi connectivity index (χ0n) is 10.0. The molecule has 3 N–H and O–H groups in total. The Kier molecular flexibility index (Phi) is 3.48. The number of pyridine rings is 1. The quantitative estimate of drug-likeness (QED) is 0.886. The minimum absolute atomic E-state index is 0.0230. The van der Waals surface area contributed by atoms with E-state index < -0.39 is 11.8 Å². The number of nitrogen functional groups attached to an aromatic ring is 1. The van der Waals surface area contributed by atoms with Crippen molar-refractivity contribution in [1.82, 2.24) is 4.98 Å². The Hall–Kier alpha value is -3.14. The summed E-state index contributed by atoms with van der Waals surface area (Å²) in [5, 5.41) is 17.5. The number of halogens is 1. The number of aromatic carboxylic acids is 1. The molecule has 1 heterocycles. The molecule has 0 aliphatic rings. The van der Waals surface area contributed by atoms with Gasteiger partial charge in [0.05, 0.1) is 29.1 Å². The van der Waals surface area contributed by atoms with Crippen LogP contribution in [0.25, 0.3) is 0 Å². The molecule has 0 spiro atoms. The van der Waals surface area contributed by atoms with Crippen molar-refractivity contribution < 1.29 is 19.0 Å². The van der Waals surface area contributed by atoms with Crippen molar-refractivity contribution >= 4 is 11.7 Å². The summed E-state index contributed by atoms with van der Waals surface area (Å²) < 4.78 is 18.8. The number of ether oxygens (including phenoxy) is 1. The number of aromatic nitrogens is 1. The van der Waals surface area contributed by atoms with Crippen LogP contribution in [0.1, 0.15) is 15.9 Å². The predicted molar refractivity (Wildman–Crippen MR) is 66.8 cm³/mol. The number of nitrogens with two attached hydrogens (primary N) is 1. The van der Waals surface area contributed by atoms with E-state index in [-0.39, 0.29) is 28.4 Å². The fraction of sp³-hybridized carbons (Fsp3) is 0. The molecule has 2 rings (SSSR count). The summed E-state index contributed by atoms with van der Waals surface area (Å²) in [5.41, 5.74) is 5.37. The molecule has 0 radical (unpaired) electrons. The lowest BCUT2D eigenvalue weighted by Crippen LogP contribution is -2.04. The van der Waals surface area contributed by atoms with Crippen LogP contribution in [-0.4, -0.2) is 16.1 Å². The van der Waals surface area contributed by atoms with Crippen molar-refractivity contribution in [2.45, 2.75) is 0 Å². The molecule has 100 valence electrons. The number of anilines is 1. The third-order valence-corrected chi connectivity index (χ3v) is 2.42. The Morgan fingerprint density at radius 1 is 1.45 bits per heavy atom. The third kappa shape index (κ3) is 2.64. The first kappa shape index (κ1) is 13.3. The van der Waals surface area contributed by atoms with E-state index in [2.05, 4.69) is 4.98 Å². The fourth-order valence-corrected chi connectivity index (χ4v) is 1.45. The zero-order valence-corrected chi connectivity index (χ0v) is 10.0. The average Bonchev–Trinajstić information content (AvgIpc) is 2.42. The highest BCUT2D eigenvalue weighted by atomic mass is 19.1. The monoisotopic (exact) mass is 273 g/mol. The normalized spacial score (nSPS) is 9.80. The van der Waals surface area contributed by atoms with Crippen LogP contribution >= 0.6 is 0 Å². The van der Waals surface area contributed by atoms with Gasteiger partial charge < -0.3 is 15.6 Å². The number of nitrogens with zero attached hydrogens (tertiary/aromatic N) is 2. The molecule has 0 atom stereocenters. The Bertz CT molecular complexity index is 725. The van der Waals surface area contributed by atoms with Gasteiger partial charge in [-0.1, -0.05) is 0 Å². The minimum atomic E-state index is -1.24. The third-order valence-electron chi connectivity index (χ3n) is 2.42. The molecule has 0 aliphatic heterocycles. The number of carbonyl (C=O) groups is 1. The van der Waals surface area contributed by atoms with Crippen LogP contribution in [0.5, 0.6) is 11.6 Å². The van der Waals surface area contributed by atoms with Crippen LogP contribution < -0.4 is 10.5 Å². The van der Waals surface area contributed by atoms with Crippen molar-refractivity contribution in [1.29, 1.82) is 5.26 Å². The summed E-state index contributed by atoms with van der Waals surface area (Å²) in [4.78, 5) is 14.7. The van der Waals surface area contributed by atoms with Gasteiger partial charge in [-0.05, 0) is 18.2 Å². The second-order valence-corrected chi connectivity index (χ2v) is 3.77. The number of benzene rings is 1. The molecule has 0 saturated heterocycles. The number of hydrogen-bond acceptors (Lipinski definition) is 5. The van der Waals surface area contributed by atoms with Crippen molar-refractivity contribution in [2.75, 3.05) is 5.73 Å². The number of hydrogen-bond donors (Lipinski definition) is 2. The van der Waals surface area contributed by atoms with Crippen LogP contribution in [0.4, 0.5) is 10.1 Å². The highest BCUT2D eigenvalue weighted by molar-refractivity contribution is 5.93. The SMILES string of the molecule is N#Cc1ccc(Oc2cc(C(=O)O)c(N)cn2)c(F)c1. The van der Waals surface area contributed by atoms with Crippen LogP contribution in [0.2, 0.25) is 0 Å². The van der Waals surface area contributed by atoms with E-state index in [1.165, 1.54) is 12.1 Å². The lowest BCUT2D eigenvalue weighted by Gasteiger charge is -2.07. The van der Waals surface area contributed by atoms with E-state index in [4.69, 9.17) is 20.8 Å². The lowest BCUT2D eigenvalue weighted by molar-refractivity contribution is 0.0697. The van der Waals surface area contributed by atoms with Crippen LogP contribution in [-0.2, 0) is 0 Å². The summed E-state index contributed by atoms with van der Waals surface area (Å²) in [6.45, 7) is 0. The Labute approximate surface area is 112 Å². The molecule has 6 nitrogen and oxygen atoms in total. The zero-order chi connectivity index (χ0) is 14.7. The second kappa shape index (κ2) is 5.24. The van der Waals surface area contributed by atoms with Crippen molar-refractivity contribution in [3.8, 4) is 17.7 Å². The number of carboxylic acids is 1. The largest absolute Gasteiger partial charge is 0.478 e. The first-order valence-electron chi connectivity index (χ1n) is 5.37. The lowest BCUT2D eigenvalue weighted by atomic mass is 10.2. The van der Waals surface area contributed by atoms with Gasteiger partial charge in [0, 0.05) is 6.07 Å². The molecule has 0 aliphatic carbocycles. The first-order chi connectivity index (χ1) is 9.51. The van der Waals surface area contributed by atoms with Crippen LogP contribution in [0.3, 0.4) is 0 Å². The Morgan fingerprint density at radius 2 is 2.20 bits per heavy atom. The first-order valence-corrected chi connectivity index (χ1v) is 5.37. The van der Waals surface area contributed by atoms with E-state index >= 15 is 0 Å². The standard InChI is InChI=1S/C13H8FN3O3/c14-9-3-7(5-15)1-2-11(9)20-12-4-8(13(18)19)10(16)6-17-12/h1-4,6H,16H2,(H,18,19). The number of nitriles is 1. The maximum absolute atomic E-state index is 13.6. The van der Waals surface area contributed by atoms with Gasteiger partial charge in [0.2, 0.25) is 5.88 Å². The Morgan fingerprint density at radius 3 is 2.80 bits per heavy atom. The molecule has 1 aromatic carbocycles. The molecule has 0 bridgehead atoms. The molecule has 0 fully saturated rings. The van der Waals surface area contributed by atoms with Gasteiger partial charge in [-0.25, -0.2) is 14.2 Å². The van der Waals surface area contributed by atoms with Crippen LogP contribution in [0, 0.1) is 17.1 Å². The van der Waals surface area contributed by atoms with E-state index in [0.29, 0.717) is 0 Å². The van der Waals surface area contributed by atoms with Gasteiger partial charge in [-0.3, -0.25) is 0 Å². The van der Waals surface area contributed by atoms with E-state index in [9.17, 15) is 9.18 Å². The number of carboxylic acid groups (broad SMARTS) is 1. The van der Waals surface area contributed by atoms with Gasteiger partial charge in [0.15, 0.2) is 11.6 Å². The molecule has 2 aromatic rings. The van der Waals surface area contributed by atoms with Gasteiger partial charge in [-0.15, -0.1) is 0 Å². The summed E-state index contributed by atoms with van der Waals surface area (Å²) in [6.07, 6.45) is 1.11. The van der Waals surface area contributed by atoms with Gasteiger partial charge >= 0.3 is 5.97 Å². The molecular weight excluding hydrogens is 265 g/mol. The van der Waals surface area contributed by atoms with E-state index in [1.807, 2.05) is 0 Å². The van der Waals surface area contributed by atoms with Gasteiger partial charge in [0.25, 0.3) is 0 Å². The van der Waals surface area contributed by atoms with Crippen molar-refractivity contribution in [2.24, 2.45) is 0 Å². The van der Waals surface area contributed by atoms with Crippen molar-refractivity contribution in [3.63, 3.8) is 0 Å². The molecule has 1 aromatic heterocycles. The molecular formula is C13H8FN3O3.